The van der Waals surface area contributed by atoms with Gasteiger partial charge in [-0.05, 0) is 80.7 Å². The zero-order valence-corrected chi connectivity index (χ0v) is 17.8. The molecule has 32 heavy (non-hydrogen) atoms. The molecule has 2 aromatic rings. The van der Waals surface area contributed by atoms with Gasteiger partial charge in [0.05, 0.1) is 6.20 Å². The minimum Gasteiger partial charge on any atom is -0.376 e. The second-order valence-corrected chi connectivity index (χ2v) is 8.99. The zero-order chi connectivity index (χ0) is 23.1. The number of benzene rings is 1. The average Bonchev–Trinajstić information content (AvgIpc) is 3.59. The summed E-state index contributed by atoms with van der Waals surface area (Å²) < 4.78 is 53.4. The first-order valence-corrected chi connectivity index (χ1v) is 10.9. The van der Waals surface area contributed by atoms with Gasteiger partial charge in [0.1, 0.15) is 5.82 Å². The summed E-state index contributed by atoms with van der Waals surface area (Å²) in [6, 6.07) is 6.90. The van der Waals surface area contributed by atoms with Crippen molar-refractivity contribution >= 4 is 5.91 Å². The van der Waals surface area contributed by atoms with Crippen molar-refractivity contribution in [2.45, 2.75) is 75.2 Å². The molecule has 0 bridgehead atoms. The molecule has 1 aromatic carbocycles. The van der Waals surface area contributed by atoms with Gasteiger partial charge < -0.3 is 10.0 Å². The molecule has 2 aliphatic carbocycles. The van der Waals surface area contributed by atoms with Crippen LogP contribution in [0.15, 0.2) is 42.7 Å². The summed E-state index contributed by atoms with van der Waals surface area (Å²) in [4.78, 5) is 18.9. The van der Waals surface area contributed by atoms with Gasteiger partial charge in [0.2, 0.25) is 0 Å². The van der Waals surface area contributed by atoms with Crippen molar-refractivity contribution in [3.63, 3.8) is 0 Å². The molecule has 1 heterocycles. The minimum absolute atomic E-state index is 0.0223. The summed E-state index contributed by atoms with van der Waals surface area (Å²) in [6.45, 7) is 0.699. The fraction of sp³-hybridized carbons (Fsp3) is 0.500. The molecule has 0 saturated heterocycles. The summed E-state index contributed by atoms with van der Waals surface area (Å²) in [5.74, 6) is -0.417. The van der Waals surface area contributed by atoms with E-state index in [1.807, 2.05) is 4.90 Å². The molecule has 4 nitrogen and oxygen atoms in total. The first-order chi connectivity index (χ1) is 15.1. The standard InChI is InChI=1S/C24H26F4N2O2/c1-23(32,24(26,27)28)17-6-2-16(3-7-17)22(31)30(19-10-11-19)18-8-4-15(5-9-18)20-12-13-29-14-21(20)25/h2-3,6-7,12-15,18-19,32H,4-5,8-11H2,1H3/t15-,18+,23-/m0/s1. The lowest BCUT2D eigenvalue weighted by Crippen LogP contribution is -2.44. The fourth-order valence-electron chi connectivity index (χ4n) is 4.61. The Hall–Kier alpha value is -2.48. The maximum absolute atomic E-state index is 14.1. The number of rotatable bonds is 5. The molecule has 1 amide bonds. The number of hydrogen-bond donors (Lipinski definition) is 1. The van der Waals surface area contributed by atoms with Gasteiger partial charge in [-0.1, -0.05) is 12.1 Å². The van der Waals surface area contributed by atoms with E-state index in [1.54, 1.807) is 12.3 Å². The summed E-state index contributed by atoms with van der Waals surface area (Å²) in [6.07, 6.45) is 2.82. The van der Waals surface area contributed by atoms with Crippen LogP contribution in [0.3, 0.4) is 0 Å². The van der Waals surface area contributed by atoms with E-state index >= 15 is 0 Å². The van der Waals surface area contributed by atoms with Crippen LogP contribution in [0.1, 0.15) is 72.9 Å². The lowest BCUT2D eigenvalue weighted by Gasteiger charge is -2.37. The van der Waals surface area contributed by atoms with E-state index in [0.29, 0.717) is 18.1 Å². The fourth-order valence-corrected chi connectivity index (χ4v) is 4.61. The first-order valence-electron chi connectivity index (χ1n) is 10.9. The first kappa shape index (κ1) is 22.7. The van der Waals surface area contributed by atoms with Gasteiger partial charge in [-0.2, -0.15) is 13.2 Å². The van der Waals surface area contributed by atoms with Gasteiger partial charge in [0.25, 0.3) is 5.91 Å². The van der Waals surface area contributed by atoms with E-state index in [2.05, 4.69) is 4.98 Å². The molecule has 2 aliphatic rings. The molecule has 2 saturated carbocycles. The molecule has 8 heteroatoms. The number of carbonyl (C=O) groups excluding carboxylic acids is 1. The Morgan fingerprint density at radius 1 is 1.00 bits per heavy atom. The minimum atomic E-state index is -4.81. The molecule has 172 valence electrons. The van der Waals surface area contributed by atoms with Crippen LogP contribution in [0.2, 0.25) is 0 Å². The van der Waals surface area contributed by atoms with Crippen molar-refractivity contribution in [1.29, 1.82) is 0 Å². The largest absolute Gasteiger partial charge is 0.421 e. The third-order valence-corrected chi connectivity index (χ3v) is 6.75. The highest BCUT2D eigenvalue weighted by atomic mass is 19.4. The van der Waals surface area contributed by atoms with Crippen LogP contribution in [-0.4, -0.2) is 39.2 Å². The maximum Gasteiger partial charge on any atom is 0.421 e. The van der Waals surface area contributed by atoms with Crippen LogP contribution >= 0.6 is 0 Å². The van der Waals surface area contributed by atoms with E-state index in [4.69, 9.17) is 0 Å². The van der Waals surface area contributed by atoms with Crippen LogP contribution in [0.5, 0.6) is 0 Å². The summed E-state index contributed by atoms with van der Waals surface area (Å²) >= 11 is 0. The van der Waals surface area contributed by atoms with Crippen molar-refractivity contribution < 1.29 is 27.5 Å². The molecule has 1 N–H and O–H groups in total. The number of hydrogen-bond acceptors (Lipinski definition) is 3. The SMILES string of the molecule is C[C@](O)(c1ccc(C(=O)N(C2CC2)[C@H]2CC[C@@H](c3ccncc3F)CC2)cc1)C(F)(F)F. The van der Waals surface area contributed by atoms with E-state index in [1.165, 1.54) is 18.3 Å². The summed E-state index contributed by atoms with van der Waals surface area (Å²) in [7, 11) is 0. The number of pyridine rings is 1. The van der Waals surface area contributed by atoms with Crippen molar-refractivity contribution in [1.82, 2.24) is 9.88 Å². The number of aliphatic hydroxyl groups is 1. The van der Waals surface area contributed by atoms with Crippen molar-refractivity contribution in [2.24, 2.45) is 0 Å². The Bertz CT molecular complexity index is 963. The highest BCUT2D eigenvalue weighted by Gasteiger charge is 2.51. The quantitative estimate of drug-likeness (QED) is 0.628. The molecular weight excluding hydrogens is 424 g/mol. The molecule has 2 fully saturated rings. The predicted octanol–water partition coefficient (Wildman–Crippen LogP) is 5.32. The molecule has 1 atom stereocenters. The highest BCUT2D eigenvalue weighted by molar-refractivity contribution is 5.95. The Kier molecular flexibility index (Phi) is 6.00. The molecule has 0 spiro atoms. The van der Waals surface area contributed by atoms with Crippen LogP contribution in [0, 0.1) is 5.82 Å². The third-order valence-electron chi connectivity index (χ3n) is 6.75. The van der Waals surface area contributed by atoms with Crippen LogP contribution < -0.4 is 0 Å². The van der Waals surface area contributed by atoms with Gasteiger partial charge >= 0.3 is 6.18 Å². The van der Waals surface area contributed by atoms with Gasteiger partial charge in [-0.15, -0.1) is 0 Å². The molecule has 4 rings (SSSR count). The van der Waals surface area contributed by atoms with E-state index in [-0.39, 0.29) is 35.3 Å². The lowest BCUT2D eigenvalue weighted by molar-refractivity contribution is -0.258. The molecule has 0 aliphatic heterocycles. The third kappa shape index (κ3) is 4.37. The Labute approximate surface area is 184 Å². The van der Waals surface area contributed by atoms with Crippen molar-refractivity contribution in [3.05, 3.63) is 65.2 Å². The lowest BCUT2D eigenvalue weighted by atomic mass is 9.81. The Balaban J connectivity index is 1.47. The molecular formula is C24H26F4N2O2. The van der Waals surface area contributed by atoms with Crippen LogP contribution in [0.4, 0.5) is 17.6 Å². The summed E-state index contributed by atoms with van der Waals surface area (Å²) in [5, 5.41) is 9.85. The van der Waals surface area contributed by atoms with Gasteiger partial charge in [-0.25, -0.2) is 4.39 Å². The Morgan fingerprint density at radius 2 is 1.56 bits per heavy atom. The monoisotopic (exact) mass is 450 g/mol. The van der Waals surface area contributed by atoms with Crippen molar-refractivity contribution in [2.75, 3.05) is 0 Å². The highest BCUT2D eigenvalue weighted by Crippen LogP contribution is 2.41. The number of alkyl halides is 3. The molecule has 0 radical (unpaired) electrons. The van der Waals surface area contributed by atoms with E-state index in [0.717, 1.165) is 50.7 Å². The average molecular weight is 450 g/mol. The molecule has 0 unspecified atom stereocenters. The van der Waals surface area contributed by atoms with Crippen LogP contribution in [0.25, 0.3) is 0 Å². The van der Waals surface area contributed by atoms with Gasteiger partial charge in [0, 0.05) is 23.8 Å². The predicted molar refractivity (Wildman–Crippen MR) is 110 cm³/mol. The second kappa shape index (κ2) is 8.46. The number of halogens is 4. The Morgan fingerprint density at radius 3 is 2.06 bits per heavy atom. The van der Waals surface area contributed by atoms with Gasteiger partial charge in [0.15, 0.2) is 5.60 Å². The summed E-state index contributed by atoms with van der Waals surface area (Å²) in [5.41, 5.74) is -2.32. The number of aromatic nitrogens is 1. The second-order valence-electron chi connectivity index (χ2n) is 8.99. The zero-order valence-electron chi connectivity index (χ0n) is 17.8. The molecule has 1 aromatic heterocycles. The van der Waals surface area contributed by atoms with Crippen molar-refractivity contribution in [3.8, 4) is 0 Å². The maximum atomic E-state index is 14.1. The normalized spacial score (nSPS) is 23.4. The van der Waals surface area contributed by atoms with E-state index in [9.17, 15) is 27.5 Å². The number of amides is 1. The topological polar surface area (TPSA) is 53.4 Å². The number of nitrogens with zero attached hydrogens (tertiary/aromatic N) is 2. The van der Waals surface area contributed by atoms with E-state index < -0.39 is 11.8 Å². The number of carbonyl (C=O) groups is 1. The van der Waals surface area contributed by atoms with Crippen LogP contribution in [-0.2, 0) is 5.60 Å². The smallest absolute Gasteiger partial charge is 0.376 e. The van der Waals surface area contributed by atoms with Gasteiger partial charge in [-0.3, -0.25) is 9.78 Å².